The highest BCUT2D eigenvalue weighted by Crippen LogP contribution is 2.32. The number of fused-ring (bicyclic) bond motifs is 1. The molecule has 1 heterocycles. The van der Waals surface area contributed by atoms with Crippen molar-refractivity contribution in [2.45, 2.75) is 0 Å². The number of halogens is 1. The van der Waals surface area contributed by atoms with E-state index in [1.807, 2.05) is 0 Å². The quantitative estimate of drug-likeness (QED) is 0.596. The van der Waals surface area contributed by atoms with Crippen LogP contribution >= 0.6 is 11.6 Å². The number of amides is 1. The maximum absolute atomic E-state index is 12.0. The average molecular weight is 420 g/mol. The van der Waals surface area contributed by atoms with Gasteiger partial charge >= 0.3 is 0 Å². The monoisotopic (exact) mass is 419 g/mol. The van der Waals surface area contributed by atoms with Crippen molar-refractivity contribution < 1.29 is 13.2 Å². The summed E-state index contributed by atoms with van der Waals surface area (Å²) >= 11 is 6.22. The Bertz CT molecular complexity index is 1100. The molecule has 0 spiro atoms. The molecule has 0 aliphatic heterocycles. The van der Waals surface area contributed by atoms with Crippen LogP contribution in [0.2, 0.25) is 5.15 Å². The predicted molar refractivity (Wildman–Crippen MR) is 111 cm³/mol. The zero-order valence-corrected chi connectivity index (χ0v) is 16.8. The number of anilines is 3. The van der Waals surface area contributed by atoms with Gasteiger partial charge in [0, 0.05) is 5.69 Å². The van der Waals surface area contributed by atoms with Gasteiger partial charge in [0.25, 0.3) is 0 Å². The largest absolute Gasteiger partial charge is 0.325 e. The summed E-state index contributed by atoms with van der Waals surface area (Å²) in [6, 6.07) is 13.4. The Morgan fingerprint density at radius 3 is 2.39 bits per heavy atom. The van der Waals surface area contributed by atoms with Gasteiger partial charge in [-0.25, -0.2) is 22.7 Å². The molecule has 3 aromatic rings. The van der Waals surface area contributed by atoms with Crippen molar-refractivity contribution in [2.24, 2.45) is 0 Å². The Kier molecular flexibility index (Phi) is 6.08. The minimum absolute atomic E-state index is 0.00625. The molecule has 0 aliphatic rings. The number of carbonyl (C=O) groups is 1. The van der Waals surface area contributed by atoms with Gasteiger partial charge in [-0.3, -0.25) is 4.79 Å². The Morgan fingerprint density at radius 1 is 1.07 bits per heavy atom. The summed E-state index contributed by atoms with van der Waals surface area (Å²) in [6.07, 6.45) is 0. The van der Waals surface area contributed by atoms with Crippen molar-refractivity contribution in [3.8, 4) is 0 Å². The average Bonchev–Trinajstić information content (AvgIpc) is 2.61. The Morgan fingerprint density at radius 2 is 1.75 bits per heavy atom. The number of carbonyl (C=O) groups excluding carboxylic acids is 1. The number of thiol groups is 1. The molecule has 0 saturated carbocycles. The second-order valence-corrected chi connectivity index (χ2v) is 7.45. The number of para-hydroxylation sites is 2. The number of hydrogen-bond donors (Lipinski definition) is 2. The maximum atomic E-state index is 12.0. The summed E-state index contributed by atoms with van der Waals surface area (Å²) in [5.41, 5.74) is 1.81. The van der Waals surface area contributed by atoms with Gasteiger partial charge in [0.05, 0.1) is 23.3 Å². The van der Waals surface area contributed by atoms with Crippen LogP contribution in [0.3, 0.4) is 0 Å². The number of benzene rings is 2. The molecule has 1 aromatic heterocycles. The molecule has 28 heavy (non-hydrogen) atoms. The zero-order chi connectivity index (χ0) is 20.3. The van der Waals surface area contributed by atoms with Gasteiger partial charge in [-0.05, 0) is 44.4 Å². The van der Waals surface area contributed by atoms with E-state index in [9.17, 15) is 13.2 Å². The molecular weight excluding hydrogens is 402 g/mol. The minimum atomic E-state index is -3.11. The van der Waals surface area contributed by atoms with Gasteiger partial charge in [0.1, 0.15) is 0 Å². The first-order chi connectivity index (χ1) is 13.3. The maximum Gasteiger partial charge on any atom is 0.238 e. The van der Waals surface area contributed by atoms with Crippen molar-refractivity contribution in [2.75, 3.05) is 30.3 Å². The fraction of sp³-hybridized carbons (Fsp3) is 0.167. The van der Waals surface area contributed by atoms with E-state index in [0.29, 0.717) is 16.7 Å². The standard InChI is InChI=1S/C18H18ClN5O3S/c1-23(2)11-16(25)20-12-6-5-7-13(10-12)24(28(26)27)18-17(19)21-14-8-3-4-9-15(14)22-18/h3-10,28H,11H2,1-2H3,(H,20,25). The summed E-state index contributed by atoms with van der Waals surface area (Å²) in [6.45, 7) is 0.200. The molecule has 0 bridgehead atoms. The molecule has 2 aromatic carbocycles. The summed E-state index contributed by atoms with van der Waals surface area (Å²) in [7, 11) is 0.447. The molecule has 3 rings (SSSR count). The van der Waals surface area contributed by atoms with E-state index < -0.39 is 10.9 Å². The molecule has 1 N–H and O–H groups in total. The highest BCUT2D eigenvalue weighted by molar-refractivity contribution is 7.74. The Hall–Kier alpha value is -2.75. The predicted octanol–water partition coefficient (Wildman–Crippen LogP) is 2.45. The van der Waals surface area contributed by atoms with E-state index in [1.165, 1.54) is 6.07 Å². The van der Waals surface area contributed by atoms with Crippen molar-refractivity contribution in [1.29, 1.82) is 0 Å². The Labute approximate surface area is 168 Å². The molecule has 0 unspecified atom stereocenters. The highest BCUT2D eigenvalue weighted by Gasteiger charge is 2.19. The molecule has 0 aliphatic carbocycles. The van der Waals surface area contributed by atoms with E-state index in [-0.39, 0.29) is 29.1 Å². The highest BCUT2D eigenvalue weighted by atomic mass is 35.5. The first kappa shape index (κ1) is 20.0. The third kappa shape index (κ3) is 4.56. The second kappa shape index (κ2) is 8.51. The molecular formula is C18H18ClN5O3S. The van der Waals surface area contributed by atoms with Crippen molar-refractivity contribution >= 4 is 56.6 Å². The fourth-order valence-corrected chi connectivity index (χ4v) is 3.48. The lowest BCUT2D eigenvalue weighted by Crippen LogP contribution is -2.27. The summed E-state index contributed by atoms with van der Waals surface area (Å²) in [5, 5.41) is 2.69. The van der Waals surface area contributed by atoms with Gasteiger partial charge in [-0.2, -0.15) is 0 Å². The fourth-order valence-electron chi connectivity index (χ4n) is 2.60. The van der Waals surface area contributed by atoms with Crippen LogP contribution in [0.5, 0.6) is 0 Å². The normalized spacial score (nSPS) is 11.2. The van der Waals surface area contributed by atoms with Gasteiger partial charge in [-0.15, -0.1) is 0 Å². The van der Waals surface area contributed by atoms with E-state index in [4.69, 9.17) is 11.6 Å². The third-order valence-corrected chi connectivity index (χ3v) is 4.71. The number of aromatic nitrogens is 2. The van der Waals surface area contributed by atoms with Crippen LogP contribution < -0.4 is 9.62 Å². The minimum Gasteiger partial charge on any atom is -0.325 e. The zero-order valence-electron chi connectivity index (χ0n) is 15.2. The lowest BCUT2D eigenvalue weighted by molar-refractivity contribution is -0.116. The van der Waals surface area contributed by atoms with Crippen molar-refractivity contribution in [1.82, 2.24) is 14.9 Å². The van der Waals surface area contributed by atoms with E-state index in [1.54, 1.807) is 61.5 Å². The molecule has 10 heteroatoms. The number of nitrogens with zero attached hydrogens (tertiary/aromatic N) is 4. The van der Waals surface area contributed by atoms with E-state index in [0.717, 1.165) is 4.31 Å². The first-order valence-corrected chi connectivity index (χ1v) is 9.77. The number of rotatable bonds is 6. The van der Waals surface area contributed by atoms with Crippen LogP contribution in [-0.4, -0.2) is 49.8 Å². The summed E-state index contributed by atoms with van der Waals surface area (Å²) in [5.74, 6) is -0.225. The molecule has 0 saturated heterocycles. The van der Waals surface area contributed by atoms with Crippen LogP contribution in [-0.2, 0) is 15.7 Å². The van der Waals surface area contributed by atoms with Crippen LogP contribution in [0.1, 0.15) is 0 Å². The lowest BCUT2D eigenvalue weighted by Gasteiger charge is -2.19. The van der Waals surface area contributed by atoms with Gasteiger partial charge in [0.2, 0.25) is 16.8 Å². The number of nitrogens with one attached hydrogen (secondary N) is 1. The van der Waals surface area contributed by atoms with Gasteiger partial charge < -0.3 is 10.2 Å². The third-order valence-electron chi connectivity index (χ3n) is 3.71. The Balaban J connectivity index is 2.01. The van der Waals surface area contributed by atoms with Crippen LogP contribution in [0.15, 0.2) is 48.5 Å². The van der Waals surface area contributed by atoms with Crippen LogP contribution in [0, 0.1) is 0 Å². The molecule has 146 valence electrons. The summed E-state index contributed by atoms with van der Waals surface area (Å²) in [4.78, 5) is 22.3. The molecule has 1 amide bonds. The number of hydrogen-bond acceptors (Lipinski definition) is 6. The molecule has 8 nitrogen and oxygen atoms in total. The molecule has 0 fully saturated rings. The van der Waals surface area contributed by atoms with Crippen molar-refractivity contribution in [3.63, 3.8) is 0 Å². The molecule has 0 radical (unpaired) electrons. The van der Waals surface area contributed by atoms with Crippen molar-refractivity contribution in [3.05, 3.63) is 53.7 Å². The first-order valence-electron chi connectivity index (χ1n) is 8.26. The smallest absolute Gasteiger partial charge is 0.238 e. The number of likely N-dealkylation sites (N-methyl/N-ethyl adjacent to an activating group) is 1. The van der Waals surface area contributed by atoms with Crippen LogP contribution in [0.25, 0.3) is 11.0 Å². The molecule has 0 atom stereocenters. The lowest BCUT2D eigenvalue weighted by atomic mass is 10.2. The van der Waals surface area contributed by atoms with Crippen LogP contribution in [0.4, 0.5) is 17.2 Å². The van der Waals surface area contributed by atoms with E-state index in [2.05, 4.69) is 15.3 Å². The second-order valence-electron chi connectivity index (χ2n) is 6.21. The van der Waals surface area contributed by atoms with Gasteiger partial charge in [-0.1, -0.05) is 29.8 Å². The summed E-state index contributed by atoms with van der Waals surface area (Å²) < 4.78 is 25.0. The van der Waals surface area contributed by atoms with Gasteiger partial charge in [0.15, 0.2) is 11.0 Å². The topological polar surface area (TPSA) is 95.5 Å². The SMILES string of the molecule is CN(C)CC(=O)Nc1cccc(N(c2nc3ccccc3nc2Cl)[SH](=O)=O)c1. The van der Waals surface area contributed by atoms with E-state index >= 15 is 0 Å².